The predicted molar refractivity (Wildman–Crippen MR) is 103 cm³/mol. The lowest BCUT2D eigenvalue weighted by Crippen LogP contribution is -2.47. The van der Waals surface area contributed by atoms with E-state index in [1.165, 1.54) is 12.1 Å². The predicted octanol–water partition coefficient (Wildman–Crippen LogP) is 1.51. The number of rotatable bonds is 6. The molecule has 0 spiro atoms. The normalized spacial score (nSPS) is 18.5. The van der Waals surface area contributed by atoms with Gasteiger partial charge in [-0.25, -0.2) is 4.39 Å². The van der Waals surface area contributed by atoms with E-state index in [0.29, 0.717) is 6.54 Å². The molecule has 1 saturated heterocycles. The van der Waals surface area contributed by atoms with Gasteiger partial charge in [-0.05, 0) is 50.1 Å². The van der Waals surface area contributed by atoms with Gasteiger partial charge in [0.1, 0.15) is 5.82 Å². The van der Waals surface area contributed by atoms with Crippen LogP contribution in [0.3, 0.4) is 0 Å². The van der Waals surface area contributed by atoms with Crippen molar-refractivity contribution in [3.8, 4) is 0 Å². The van der Waals surface area contributed by atoms with E-state index in [1.54, 1.807) is 0 Å². The van der Waals surface area contributed by atoms with Gasteiger partial charge < -0.3 is 15.5 Å². The summed E-state index contributed by atoms with van der Waals surface area (Å²) in [4.78, 5) is 28.3. The molecule has 2 N–H and O–H groups in total. The lowest BCUT2D eigenvalue weighted by molar-refractivity contribution is -0.139. The van der Waals surface area contributed by atoms with Gasteiger partial charge in [-0.1, -0.05) is 12.8 Å². The van der Waals surface area contributed by atoms with Gasteiger partial charge in [0.05, 0.1) is 0 Å². The van der Waals surface area contributed by atoms with Gasteiger partial charge >= 0.3 is 11.8 Å². The van der Waals surface area contributed by atoms with Crippen molar-refractivity contribution in [1.29, 1.82) is 0 Å². The lowest BCUT2D eigenvalue weighted by atomic mass is 10.2. The number of benzene rings is 1. The summed E-state index contributed by atoms with van der Waals surface area (Å²) in [5.41, 5.74) is 1.05. The summed E-state index contributed by atoms with van der Waals surface area (Å²) in [6, 6.07) is 6.79. The van der Waals surface area contributed by atoms with Crippen molar-refractivity contribution in [2.75, 3.05) is 44.2 Å². The van der Waals surface area contributed by atoms with Crippen LogP contribution in [-0.4, -0.2) is 62.0 Å². The van der Waals surface area contributed by atoms with Crippen LogP contribution in [0.5, 0.6) is 0 Å². The summed E-state index contributed by atoms with van der Waals surface area (Å²) in [5.74, 6) is -1.24. The highest BCUT2D eigenvalue weighted by Gasteiger charge is 2.21. The molecule has 2 aliphatic rings. The molecular weight excluding hydrogens is 347 g/mol. The Kier molecular flexibility index (Phi) is 7.04. The molecule has 1 aliphatic heterocycles. The fourth-order valence-electron chi connectivity index (χ4n) is 3.79. The van der Waals surface area contributed by atoms with E-state index in [1.807, 2.05) is 12.1 Å². The minimum Gasteiger partial charge on any atom is -0.369 e. The number of halogens is 1. The Morgan fingerprint density at radius 3 is 2.33 bits per heavy atom. The van der Waals surface area contributed by atoms with Crippen molar-refractivity contribution in [3.05, 3.63) is 30.1 Å². The Bertz CT molecular complexity index is 623. The maximum absolute atomic E-state index is 13.0. The Morgan fingerprint density at radius 2 is 1.67 bits per heavy atom. The Morgan fingerprint density at radius 1 is 1.00 bits per heavy atom. The largest absolute Gasteiger partial charge is 0.369 e. The van der Waals surface area contributed by atoms with Crippen LogP contribution in [0.2, 0.25) is 0 Å². The number of amides is 2. The average molecular weight is 376 g/mol. The number of anilines is 1. The summed E-state index contributed by atoms with van der Waals surface area (Å²) in [5, 5.41) is 5.51. The van der Waals surface area contributed by atoms with Crippen LogP contribution in [0.15, 0.2) is 24.3 Å². The van der Waals surface area contributed by atoms with Crippen LogP contribution in [0, 0.1) is 5.82 Å². The maximum Gasteiger partial charge on any atom is 0.309 e. The first-order valence-electron chi connectivity index (χ1n) is 9.93. The second kappa shape index (κ2) is 9.69. The van der Waals surface area contributed by atoms with E-state index in [0.717, 1.165) is 70.5 Å². The van der Waals surface area contributed by atoms with E-state index < -0.39 is 11.8 Å². The fourth-order valence-corrected chi connectivity index (χ4v) is 3.79. The molecule has 27 heavy (non-hydrogen) atoms. The average Bonchev–Trinajstić information content (AvgIpc) is 3.19. The van der Waals surface area contributed by atoms with Gasteiger partial charge in [0.25, 0.3) is 0 Å². The molecule has 1 aliphatic carbocycles. The van der Waals surface area contributed by atoms with Gasteiger partial charge in [0.15, 0.2) is 0 Å². The number of piperazine rings is 1. The van der Waals surface area contributed by atoms with Crippen molar-refractivity contribution in [3.63, 3.8) is 0 Å². The Labute approximate surface area is 160 Å². The molecule has 2 amide bonds. The van der Waals surface area contributed by atoms with Gasteiger partial charge in [0.2, 0.25) is 0 Å². The molecule has 148 valence electrons. The number of hydrogen-bond donors (Lipinski definition) is 2. The summed E-state index contributed by atoms with van der Waals surface area (Å²) in [7, 11) is 0. The van der Waals surface area contributed by atoms with E-state index >= 15 is 0 Å². The van der Waals surface area contributed by atoms with Crippen molar-refractivity contribution < 1.29 is 14.0 Å². The number of nitrogens with zero attached hydrogens (tertiary/aromatic N) is 2. The molecule has 0 atom stereocenters. The molecule has 0 aromatic heterocycles. The van der Waals surface area contributed by atoms with Crippen molar-refractivity contribution >= 4 is 17.5 Å². The van der Waals surface area contributed by atoms with Crippen LogP contribution < -0.4 is 15.5 Å². The third kappa shape index (κ3) is 5.92. The molecule has 0 unspecified atom stereocenters. The van der Waals surface area contributed by atoms with Crippen LogP contribution >= 0.6 is 0 Å². The first kappa shape index (κ1) is 19.6. The standard InChI is InChI=1S/C20H29FN4O2/c21-16-6-8-18(9-7-16)25-14-12-24(13-15-25)11-3-10-22-19(26)20(27)23-17-4-1-2-5-17/h6-9,17H,1-5,10-15H2,(H,22,26)(H,23,27). The zero-order valence-corrected chi connectivity index (χ0v) is 15.8. The number of hydrogen-bond acceptors (Lipinski definition) is 4. The van der Waals surface area contributed by atoms with E-state index in [9.17, 15) is 14.0 Å². The molecule has 1 aromatic rings. The minimum atomic E-state index is -0.525. The van der Waals surface area contributed by atoms with E-state index in [-0.39, 0.29) is 11.9 Å². The first-order valence-corrected chi connectivity index (χ1v) is 9.93. The van der Waals surface area contributed by atoms with Crippen LogP contribution in [0.25, 0.3) is 0 Å². The Hall–Kier alpha value is -2.15. The zero-order chi connectivity index (χ0) is 19.1. The number of carbonyl (C=O) groups excluding carboxylic acids is 2. The summed E-state index contributed by atoms with van der Waals surface area (Å²) >= 11 is 0. The summed E-state index contributed by atoms with van der Waals surface area (Å²) in [6.07, 6.45) is 5.02. The highest BCUT2D eigenvalue weighted by molar-refractivity contribution is 6.35. The quantitative estimate of drug-likeness (QED) is 0.584. The lowest BCUT2D eigenvalue weighted by Gasteiger charge is -2.36. The van der Waals surface area contributed by atoms with Gasteiger partial charge in [-0.2, -0.15) is 0 Å². The molecule has 1 heterocycles. The second-order valence-electron chi connectivity index (χ2n) is 7.37. The smallest absolute Gasteiger partial charge is 0.309 e. The topological polar surface area (TPSA) is 64.7 Å². The molecule has 0 bridgehead atoms. The van der Waals surface area contributed by atoms with Crippen LogP contribution in [0.4, 0.5) is 10.1 Å². The summed E-state index contributed by atoms with van der Waals surface area (Å²) in [6.45, 7) is 5.08. The molecule has 7 heteroatoms. The number of carbonyl (C=O) groups is 2. The molecular formula is C20H29FN4O2. The first-order chi connectivity index (χ1) is 13.1. The fraction of sp³-hybridized carbons (Fsp3) is 0.600. The molecule has 2 fully saturated rings. The van der Waals surface area contributed by atoms with Gasteiger partial charge in [-0.3, -0.25) is 14.5 Å². The molecule has 0 radical (unpaired) electrons. The molecule has 1 saturated carbocycles. The van der Waals surface area contributed by atoms with E-state index in [4.69, 9.17) is 0 Å². The van der Waals surface area contributed by atoms with E-state index in [2.05, 4.69) is 20.4 Å². The maximum atomic E-state index is 13.0. The monoisotopic (exact) mass is 376 g/mol. The second-order valence-corrected chi connectivity index (χ2v) is 7.37. The van der Waals surface area contributed by atoms with Crippen molar-refractivity contribution in [2.45, 2.75) is 38.1 Å². The number of nitrogens with one attached hydrogen (secondary N) is 2. The van der Waals surface area contributed by atoms with Crippen molar-refractivity contribution in [2.24, 2.45) is 0 Å². The molecule has 1 aromatic carbocycles. The summed E-state index contributed by atoms with van der Waals surface area (Å²) < 4.78 is 13.0. The van der Waals surface area contributed by atoms with Crippen LogP contribution in [-0.2, 0) is 9.59 Å². The third-order valence-corrected chi connectivity index (χ3v) is 5.40. The van der Waals surface area contributed by atoms with Gasteiger partial charge in [-0.15, -0.1) is 0 Å². The van der Waals surface area contributed by atoms with Crippen molar-refractivity contribution in [1.82, 2.24) is 15.5 Å². The SMILES string of the molecule is O=C(NCCCN1CCN(c2ccc(F)cc2)CC1)C(=O)NC1CCCC1. The zero-order valence-electron chi connectivity index (χ0n) is 15.8. The Balaban J connectivity index is 1.28. The minimum absolute atomic E-state index is 0.167. The van der Waals surface area contributed by atoms with Crippen LogP contribution in [0.1, 0.15) is 32.1 Å². The molecule has 6 nitrogen and oxygen atoms in total. The highest BCUT2D eigenvalue weighted by atomic mass is 19.1. The van der Waals surface area contributed by atoms with Gasteiger partial charge in [0, 0.05) is 44.5 Å². The third-order valence-electron chi connectivity index (χ3n) is 5.40. The molecule has 3 rings (SSSR count). The highest BCUT2D eigenvalue weighted by Crippen LogP contribution is 2.18.